The molecule has 0 aliphatic heterocycles. The first-order chi connectivity index (χ1) is 11.5. The van der Waals surface area contributed by atoms with Crippen LogP contribution in [-0.2, 0) is 29.0 Å². The summed E-state index contributed by atoms with van der Waals surface area (Å²) in [6, 6.07) is 0. The lowest BCUT2D eigenvalue weighted by Gasteiger charge is -2.25. The zero-order valence-electron chi connectivity index (χ0n) is 14.2. The summed E-state index contributed by atoms with van der Waals surface area (Å²) in [5.41, 5.74) is 2.05. The van der Waals surface area contributed by atoms with E-state index in [0.717, 1.165) is 17.7 Å². The Kier molecular flexibility index (Phi) is 6.11. The summed E-state index contributed by atoms with van der Waals surface area (Å²) < 4.78 is 0. The van der Waals surface area contributed by atoms with Crippen LogP contribution in [0.5, 0.6) is 0 Å². The molecule has 0 saturated heterocycles. The number of hydrogen-bond donors (Lipinski definition) is 3. The van der Waals surface area contributed by atoms with Crippen LogP contribution in [0.15, 0.2) is 4.79 Å². The van der Waals surface area contributed by atoms with E-state index in [1.165, 1.54) is 0 Å². The van der Waals surface area contributed by atoms with Crippen molar-refractivity contribution < 1.29 is 14.7 Å². The van der Waals surface area contributed by atoms with Gasteiger partial charge in [0.2, 0.25) is 5.91 Å². The zero-order valence-corrected chi connectivity index (χ0v) is 14.2. The smallest absolute Gasteiger partial charge is 0.306 e. The molecule has 1 heterocycles. The third-order valence-electron chi connectivity index (χ3n) is 4.85. The van der Waals surface area contributed by atoms with E-state index >= 15 is 0 Å². The molecule has 7 heteroatoms. The summed E-state index contributed by atoms with van der Waals surface area (Å²) in [5.74, 6) is -1.39. The summed E-state index contributed by atoms with van der Waals surface area (Å²) in [6.07, 6.45) is 3.63. The molecular formula is C17H25N3O4. The number of hydrogen-bond acceptors (Lipinski definition) is 4. The number of carboxylic acid groups (broad SMARTS) is 1. The first kappa shape index (κ1) is 18.2. The van der Waals surface area contributed by atoms with Gasteiger partial charge >= 0.3 is 5.97 Å². The molecule has 1 aromatic rings. The predicted octanol–water partition coefficient (Wildman–Crippen LogP) is 1.40. The van der Waals surface area contributed by atoms with Gasteiger partial charge in [0.25, 0.3) is 5.56 Å². The van der Waals surface area contributed by atoms with E-state index < -0.39 is 5.97 Å². The quantitative estimate of drug-likeness (QED) is 0.727. The van der Waals surface area contributed by atoms with Crippen LogP contribution in [0.25, 0.3) is 0 Å². The Morgan fingerprint density at radius 1 is 1.12 bits per heavy atom. The highest BCUT2D eigenvalue weighted by Crippen LogP contribution is 2.29. The molecule has 132 valence electrons. The number of aromatic amines is 1. The fourth-order valence-electron chi connectivity index (χ4n) is 3.38. The number of rotatable bonds is 6. The highest BCUT2D eigenvalue weighted by molar-refractivity contribution is 5.79. The Hall–Kier alpha value is -2.18. The summed E-state index contributed by atoms with van der Waals surface area (Å²) >= 11 is 0. The minimum atomic E-state index is -0.781. The van der Waals surface area contributed by atoms with Crippen LogP contribution in [0.4, 0.5) is 0 Å². The lowest BCUT2D eigenvalue weighted by molar-refractivity contribution is -0.144. The Morgan fingerprint density at radius 2 is 1.75 bits per heavy atom. The van der Waals surface area contributed by atoms with Gasteiger partial charge in [-0.1, -0.05) is 13.8 Å². The van der Waals surface area contributed by atoms with Crippen molar-refractivity contribution in [2.75, 3.05) is 0 Å². The number of H-pyrrole nitrogens is 1. The van der Waals surface area contributed by atoms with Crippen LogP contribution >= 0.6 is 0 Å². The lowest BCUT2D eigenvalue weighted by Crippen LogP contribution is -2.36. The molecule has 0 radical (unpaired) electrons. The average Bonchev–Trinajstić information content (AvgIpc) is 2.60. The molecule has 1 saturated carbocycles. The van der Waals surface area contributed by atoms with E-state index in [9.17, 15) is 14.4 Å². The Morgan fingerprint density at radius 3 is 2.29 bits per heavy atom. The van der Waals surface area contributed by atoms with Crippen molar-refractivity contribution in [3.63, 3.8) is 0 Å². The van der Waals surface area contributed by atoms with E-state index in [4.69, 9.17) is 5.11 Å². The molecule has 0 atom stereocenters. The van der Waals surface area contributed by atoms with Gasteiger partial charge < -0.3 is 10.4 Å². The number of carboxylic acids is 1. The third kappa shape index (κ3) is 4.01. The molecule has 0 unspecified atom stereocenters. The zero-order chi connectivity index (χ0) is 17.7. The van der Waals surface area contributed by atoms with Crippen molar-refractivity contribution >= 4 is 11.9 Å². The van der Waals surface area contributed by atoms with Gasteiger partial charge in [-0.2, -0.15) is 5.10 Å². The Bertz CT molecular complexity index is 660. The molecule has 0 bridgehead atoms. The number of aromatic nitrogens is 2. The topological polar surface area (TPSA) is 112 Å². The number of aliphatic carboxylic acids is 1. The highest BCUT2D eigenvalue weighted by atomic mass is 16.4. The number of aryl methyl sites for hydroxylation is 1. The second kappa shape index (κ2) is 8.08. The van der Waals surface area contributed by atoms with Crippen LogP contribution in [0.2, 0.25) is 0 Å². The molecule has 1 aromatic heterocycles. The number of carbonyl (C=O) groups is 2. The number of nitrogens with one attached hydrogen (secondary N) is 2. The van der Waals surface area contributed by atoms with Crippen LogP contribution in [0.1, 0.15) is 56.4 Å². The number of carbonyl (C=O) groups excluding carboxylic acids is 1. The SMILES string of the molecule is CCc1n[nH]c(=O)c(CNC(=O)C2CCC(C(=O)O)CC2)c1CC. The summed E-state index contributed by atoms with van der Waals surface area (Å²) in [6.45, 7) is 4.13. The van der Waals surface area contributed by atoms with E-state index in [2.05, 4.69) is 15.5 Å². The first-order valence-electron chi connectivity index (χ1n) is 8.57. The van der Waals surface area contributed by atoms with Gasteiger partial charge in [-0.25, -0.2) is 5.10 Å². The number of nitrogens with zero attached hydrogens (tertiary/aromatic N) is 1. The van der Waals surface area contributed by atoms with Crippen LogP contribution in [-0.4, -0.2) is 27.2 Å². The van der Waals surface area contributed by atoms with E-state index in [1.807, 2.05) is 13.8 Å². The third-order valence-corrected chi connectivity index (χ3v) is 4.85. The minimum Gasteiger partial charge on any atom is -0.481 e. The molecule has 0 aromatic carbocycles. The van der Waals surface area contributed by atoms with Crippen molar-refractivity contribution in [2.45, 2.75) is 58.9 Å². The minimum absolute atomic E-state index is 0.102. The summed E-state index contributed by atoms with van der Waals surface area (Å²) in [7, 11) is 0. The summed E-state index contributed by atoms with van der Waals surface area (Å²) in [5, 5.41) is 18.4. The molecule has 0 spiro atoms. The maximum atomic E-state index is 12.3. The second-order valence-corrected chi connectivity index (χ2v) is 6.27. The van der Waals surface area contributed by atoms with E-state index in [-0.39, 0.29) is 29.8 Å². The molecule has 1 aliphatic rings. The van der Waals surface area contributed by atoms with Gasteiger partial charge in [0.15, 0.2) is 0 Å². The van der Waals surface area contributed by atoms with Crippen LogP contribution < -0.4 is 10.9 Å². The van der Waals surface area contributed by atoms with E-state index in [1.54, 1.807) is 0 Å². The molecule has 1 fully saturated rings. The normalized spacial score (nSPS) is 20.6. The Labute approximate surface area is 140 Å². The molecule has 1 amide bonds. The molecule has 3 N–H and O–H groups in total. The van der Waals surface area contributed by atoms with Gasteiger partial charge in [-0.15, -0.1) is 0 Å². The maximum absolute atomic E-state index is 12.3. The van der Waals surface area contributed by atoms with Gasteiger partial charge in [0.1, 0.15) is 0 Å². The second-order valence-electron chi connectivity index (χ2n) is 6.27. The van der Waals surface area contributed by atoms with Crippen molar-refractivity contribution in [2.24, 2.45) is 11.8 Å². The van der Waals surface area contributed by atoms with Gasteiger partial charge in [0, 0.05) is 18.0 Å². The largest absolute Gasteiger partial charge is 0.481 e. The fourth-order valence-corrected chi connectivity index (χ4v) is 3.38. The molecule has 7 nitrogen and oxygen atoms in total. The van der Waals surface area contributed by atoms with Gasteiger partial charge in [0.05, 0.1) is 11.6 Å². The molecule has 2 rings (SSSR count). The monoisotopic (exact) mass is 335 g/mol. The number of amides is 1. The fraction of sp³-hybridized carbons (Fsp3) is 0.647. The van der Waals surface area contributed by atoms with E-state index in [0.29, 0.717) is 37.7 Å². The maximum Gasteiger partial charge on any atom is 0.306 e. The van der Waals surface area contributed by atoms with Crippen molar-refractivity contribution in [3.05, 3.63) is 27.2 Å². The van der Waals surface area contributed by atoms with Crippen LogP contribution in [0.3, 0.4) is 0 Å². The van der Waals surface area contributed by atoms with Crippen molar-refractivity contribution in [1.82, 2.24) is 15.5 Å². The standard InChI is InChI=1S/C17H25N3O4/c1-3-12-13(16(22)20-19-14(12)4-2)9-18-15(21)10-5-7-11(8-6-10)17(23)24/h10-11H,3-9H2,1-2H3,(H,18,21)(H,20,22)(H,23,24). The average molecular weight is 335 g/mol. The predicted molar refractivity (Wildman–Crippen MR) is 88.5 cm³/mol. The lowest BCUT2D eigenvalue weighted by atomic mass is 9.81. The molecular weight excluding hydrogens is 310 g/mol. The van der Waals surface area contributed by atoms with Crippen LogP contribution in [0, 0.1) is 11.8 Å². The molecule has 24 heavy (non-hydrogen) atoms. The highest BCUT2D eigenvalue weighted by Gasteiger charge is 2.29. The Balaban J connectivity index is 2.00. The molecule has 1 aliphatic carbocycles. The van der Waals surface area contributed by atoms with Crippen molar-refractivity contribution in [3.8, 4) is 0 Å². The van der Waals surface area contributed by atoms with Gasteiger partial charge in [-0.05, 0) is 44.1 Å². The summed E-state index contributed by atoms with van der Waals surface area (Å²) in [4.78, 5) is 35.3. The first-order valence-corrected chi connectivity index (χ1v) is 8.57. The van der Waals surface area contributed by atoms with Gasteiger partial charge in [-0.3, -0.25) is 14.4 Å². The van der Waals surface area contributed by atoms with Crippen molar-refractivity contribution in [1.29, 1.82) is 0 Å².